The van der Waals surface area contributed by atoms with Gasteiger partial charge in [-0.15, -0.1) is 4.91 Å². The summed E-state index contributed by atoms with van der Waals surface area (Å²) in [6.45, 7) is -0.0834. The van der Waals surface area contributed by atoms with Gasteiger partial charge in [-0.1, -0.05) is 0 Å². The number of benzene rings is 1. The van der Waals surface area contributed by atoms with Crippen LogP contribution in [0.4, 0.5) is 11.6 Å². The average molecular weight is 366 g/mol. The summed E-state index contributed by atoms with van der Waals surface area (Å²) >= 11 is 0. The Morgan fingerprint density at radius 1 is 1.30 bits per heavy atom. The maximum absolute atomic E-state index is 11.9. The molecule has 0 saturated carbocycles. The summed E-state index contributed by atoms with van der Waals surface area (Å²) in [5.74, 6) is -0.831. The predicted molar refractivity (Wildman–Crippen MR) is 94.3 cm³/mol. The zero-order chi connectivity index (χ0) is 19.4. The van der Waals surface area contributed by atoms with Crippen molar-refractivity contribution in [2.75, 3.05) is 10.7 Å². The molecule has 3 rings (SSSR count). The molecule has 134 valence electrons. The standard InChI is InChI=1S/C14H10N10O3/c15-14-19-11-10(13(26)20-14)18-8(5-17-11)6-24(23-27)9-3-1-7(2-4-9)12(25)21-22-16/h1-5H,6H2,(H3,15,17,19,20,26). The SMILES string of the molecule is [N-]=[N+]=NC(=O)c1ccc(N(Cc2cnc3nc(N)[nH]c(=O)c3n2)N=O)cc1. The molecular formula is C14H10N10O3. The molecule has 1 aromatic carbocycles. The van der Waals surface area contributed by atoms with Crippen molar-refractivity contribution in [3.63, 3.8) is 0 Å². The van der Waals surface area contributed by atoms with Crippen molar-refractivity contribution in [3.8, 4) is 0 Å². The summed E-state index contributed by atoms with van der Waals surface area (Å²) in [5, 5.41) is 6.94. The van der Waals surface area contributed by atoms with Gasteiger partial charge in [-0.05, 0) is 34.9 Å². The van der Waals surface area contributed by atoms with Crippen molar-refractivity contribution < 1.29 is 4.79 Å². The van der Waals surface area contributed by atoms with Crippen LogP contribution >= 0.6 is 0 Å². The number of hydrogen-bond acceptors (Lipinski definition) is 8. The maximum atomic E-state index is 11.9. The van der Waals surface area contributed by atoms with E-state index in [9.17, 15) is 14.5 Å². The number of nitrogen functional groups attached to an aromatic ring is 1. The van der Waals surface area contributed by atoms with Gasteiger partial charge in [-0.25, -0.2) is 15.0 Å². The van der Waals surface area contributed by atoms with E-state index in [0.29, 0.717) is 5.69 Å². The van der Waals surface area contributed by atoms with E-state index in [2.05, 4.69) is 35.2 Å². The first-order chi connectivity index (χ1) is 13.0. The molecule has 0 saturated heterocycles. The van der Waals surface area contributed by atoms with Gasteiger partial charge < -0.3 is 5.73 Å². The third-order valence-corrected chi connectivity index (χ3v) is 3.44. The lowest BCUT2D eigenvalue weighted by molar-refractivity contribution is 0.100. The number of rotatable bonds is 5. The molecule has 3 N–H and O–H groups in total. The van der Waals surface area contributed by atoms with Crippen LogP contribution < -0.4 is 16.3 Å². The molecule has 3 aromatic rings. The average Bonchev–Trinajstić information content (AvgIpc) is 2.66. The molecule has 0 aliphatic heterocycles. The molecular weight excluding hydrogens is 356 g/mol. The molecule has 0 fully saturated rings. The Labute approximate surface area is 149 Å². The van der Waals surface area contributed by atoms with E-state index in [1.807, 2.05) is 0 Å². The minimum absolute atomic E-state index is 0.0251. The van der Waals surface area contributed by atoms with E-state index in [-0.39, 0.29) is 34.9 Å². The van der Waals surface area contributed by atoms with Gasteiger partial charge in [0.2, 0.25) is 11.9 Å². The summed E-state index contributed by atoms with van der Waals surface area (Å²) < 4.78 is 0. The van der Waals surface area contributed by atoms with E-state index >= 15 is 0 Å². The van der Waals surface area contributed by atoms with Gasteiger partial charge in [-0.3, -0.25) is 14.6 Å². The Balaban J connectivity index is 1.88. The quantitative estimate of drug-likeness (QED) is 0.222. The number of nitrogens with two attached hydrogens (primary N) is 1. The summed E-state index contributed by atoms with van der Waals surface area (Å²) in [6, 6.07) is 5.66. The maximum Gasteiger partial charge on any atom is 0.280 e. The first-order valence-electron chi connectivity index (χ1n) is 7.33. The number of nitroso groups, excluding NO2 is 1. The molecule has 13 nitrogen and oxygen atoms in total. The molecule has 0 bridgehead atoms. The monoisotopic (exact) mass is 366 g/mol. The van der Waals surface area contributed by atoms with Gasteiger partial charge in [0.15, 0.2) is 11.2 Å². The molecule has 0 unspecified atom stereocenters. The Morgan fingerprint density at radius 3 is 2.70 bits per heavy atom. The van der Waals surface area contributed by atoms with Crippen LogP contribution in [0.1, 0.15) is 16.1 Å². The minimum atomic E-state index is -0.749. The van der Waals surface area contributed by atoms with Crippen LogP contribution in [0.5, 0.6) is 0 Å². The zero-order valence-corrected chi connectivity index (χ0v) is 13.5. The second-order valence-electron chi connectivity index (χ2n) is 5.17. The van der Waals surface area contributed by atoms with Crippen molar-refractivity contribution in [3.05, 3.63) is 67.4 Å². The Hall–Kier alpha value is -4.38. The summed E-state index contributed by atoms with van der Waals surface area (Å²) in [6.07, 6.45) is 1.34. The molecule has 27 heavy (non-hydrogen) atoms. The number of carbonyl (C=O) groups is 1. The zero-order valence-electron chi connectivity index (χ0n) is 13.5. The third kappa shape index (κ3) is 3.67. The number of aromatic nitrogens is 4. The first-order valence-corrected chi connectivity index (χ1v) is 7.33. The van der Waals surface area contributed by atoms with Crippen LogP contribution in [0.2, 0.25) is 0 Å². The van der Waals surface area contributed by atoms with Gasteiger partial charge in [0.25, 0.3) is 5.56 Å². The number of H-pyrrole nitrogens is 1. The number of aromatic amines is 1. The number of amides is 1. The fourth-order valence-electron chi connectivity index (χ4n) is 2.24. The van der Waals surface area contributed by atoms with Crippen LogP contribution in [0.3, 0.4) is 0 Å². The number of anilines is 2. The third-order valence-electron chi connectivity index (χ3n) is 3.44. The lowest BCUT2D eigenvalue weighted by Crippen LogP contribution is -2.18. The van der Waals surface area contributed by atoms with Gasteiger partial charge >= 0.3 is 0 Å². The smallest absolute Gasteiger partial charge is 0.280 e. The van der Waals surface area contributed by atoms with Gasteiger partial charge in [0.1, 0.15) is 0 Å². The van der Waals surface area contributed by atoms with Crippen LogP contribution in [0.15, 0.2) is 45.7 Å². The van der Waals surface area contributed by atoms with Crippen LogP contribution in [0.25, 0.3) is 21.6 Å². The topological polar surface area (TPSA) is 196 Å². The van der Waals surface area contributed by atoms with Crippen LogP contribution in [-0.2, 0) is 6.54 Å². The van der Waals surface area contributed by atoms with Crippen LogP contribution in [-0.4, -0.2) is 25.8 Å². The molecule has 0 atom stereocenters. The summed E-state index contributed by atoms with van der Waals surface area (Å²) in [5.41, 5.74) is 14.0. The second kappa shape index (κ2) is 7.25. The number of hydrogen-bond donors (Lipinski definition) is 2. The number of carbonyl (C=O) groups excluding carboxylic acids is 1. The van der Waals surface area contributed by atoms with E-state index in [1.165, 1.54) is 30.5 Å². The van der Waals surface area contributed by atoms with E-state index in [0.717, 1.165) is 5.01 Å². The van der Waals surface area contributed by atoms with Crippen molar-refractivity contribution in [1.82, 2.24) is 19.9 Å². The number of nitrogens with zero attached hydrogens (tertiary/aromatic N) is 8. The normalized spacial score (nSPS) is 10.2. The highest BCUT2D eigenvalue weighted by atomic mass is 16.3. The Morgan fingerprint density at radius 2 is 2.04 bits per heavy atom. The number of nitrogens with one attached hydrogen (secondary N) is 1. The van der Waals surface area contributed by atoms with Crippen molar-refractivity contribution in [1.29, 1.82) is 0 Å². The predicted octanol–water partition coefficient (Wildman–Crippen LogP) is 1.43. The molecule has 13 heteroatoms. The van der Waals surface area contributed by atoms with Gasteiger partial charge in [0.05, 0.1) is 29.4 Å². The van der Waals surface area contributed by atoms with Gasteiger partial charge in [-0.2, -0.15) is 4.98 Å². The highest BCUT2D eigenvalue weighted by Crippen LogP contribution is 2.18. The highest BCUT2D eigenvalue weighted by Gasteiger charge is 2.13. The summed E-state index contributed by atoms with van der Waals surface area (Å²) in [4.78, 5) is 51.3. The lowest BCUT2D eigenvalue weighted by Gasteiger charge is -2.15. The molecule has 2 aromatic heterocycles. The fourth-order valence-corrected chi connectivity index (χ4v) is 2.24. The highest BCUT2D eigenvalue weighted by molar-refractivity contribution is 5.95. The molecule has 2 heterocycles. The molecule has 0 aliphatic rings. The lowest BCUT2D eigenvalue weighted by atomic mass is 10.2. The Bertz CT molecular complexity index is 1130. The molecule has 1 amide bonds. The fraction of sp³-hybridized carbons (Fsp3) is 0.0714. The van der Waals surface area contributed by atoms with Crippen molar-refractivity contribution in [2.45, 2.75) is 6.54 Å². The van der Waals surface area contributed by atoms with E-state index in [4.69, 9.17) is 11.3 Å². The number of azide groups is 1. The van der Waals surface area contributed by atoms with Crippen molar-refractivity contribution >= 4 is 28.7 Å². The van der Waals surface area contributed by atoms with E-state index in [1.54, 1.807) is 0 Å². The minimum Gasteiger partial charge on any atom is -0.369 e. The molecule has 0 aliphatic carbocycles. The van der Waals surface area contributed by atoms with E-state index < -0.39 is 11.5 Å². The summed E-state index contributed by atoms with van der Waals surface area (Å²) in [7, 11) is 0. The van der Waals surface area contributed by atoms with Crippen LogP contribution in [0, 0.1) is 4.91 Å². The van der Waals surface area contributed by atoms with Gasteiger partial charge in [0, 0.05) is 10.5 Å². The number of fused-ring (bicyclic) bond motifs is 1. The largest absolute Gasteiger partial charge is 0.369 e. The van der Waals surface area contributed by atoms with Crippen molar-refractivity contribution in [2.24, 2.45) is 10.4 Å². The second-order valence-corrected chi connectivity index (χ2v) is 5.17. The molecule has 0 radical (unpaired) electrons. The Kier molecular flexibility index (Phi) is 4.68. The first kappa shape index (κ1) is 17.4. The molecule has 0 spiro atoms.